The van der Waals surface area contributed by atoms with E-state index in [1.54, 1.807) is 26.4 Å². The first-order valence-corrected chi connectivity index (χ1v) is 10.7. The molecule has 30 heavy (non-hydrogen) atoms. The average Bonchev–Trinajstić information content (AvgIpc) is 2.69. The maximum Gasteiger partial charge on any atom is 0.261 e. The number of rotatable bonds is 7. The highest BCUT2D eigenvalue weighted by atomic mass is 16.5. The molecule has 1 saturated heterocycles. The van der Waals surface area contributed by atoms with Crippen LogP contribution in [-0.2, 0) is 17.8 Å². The number of benzene rings is 1. The van der Waals surface area contributed by atoms with Gasteiger partial charge in [0.15, 0.2) is 11.5 Å². The molecule has 1 aliphatic rings. The van der Waals surface area contributed by atoms with Crippen molar-refractivity contribution in [2.75, 3.05) is 40.5 Å². The van der Waals surface area contributed by atoms with Gasteiger partial charge >= 0.3 is 0 Å². The highest BCUT2D eigenvalue weighted by Gasteiger charge is 2.21. The summed E-state index contributed by atoms with van der Waals surface area (Å²) in [6.07, 6.45) is 1.03. The summed E-state index contributed by atoms with van der Waals surface area (Å²) in [4.78, 5) is 20.7. The topological polar surface area (TPSA) is 65.8 Å². The molecule has 166 valence electrons. The number of ether oxygens (including phenoxy) is 3. The molecule has 1 fully saturated rings. The Kier molecular flexibility index (Phi) is 7.03. The number of morpholine rings is 1. The number of methoxy groups -OCH3 is 2. The molecule has 0 spiro atoms. The highest BCUT2D eigenvalue weighted by Crippen LogP contribution is 2.31. The first kappa shape index (κ1) is 22.6. The largest absolute Gasteiger partial charge is 0.493 e. The monoisotopic (exact) mass is 417 g/mol. The molecular formula is C23H35N3O4. The van der Waals surface area contributed by atoms with Crippen molar-refractivity contribution in [3.05, 3.63) is 28.3 Å². The lowest BCUT2D eigenvalue weighted by Gasteiger charge is -2.28. The molecule has 0 radical (unpaired) electrons. The van der Waals surface area contributed by atoms with E-state index < -0.39 is 0 Å². The van der Waals surface area contributed by atoms with E-state index in [4.69, 9.17) is 19.2 Å². The first-order chi connectivity index (χ1) is 14.2. The van der Waals surface area contributed by atoms with Gasteiger partial charge in [-0.2, -0.15) is 0 Å². The summed E-state index contributed by atoms with van der Waals surface area (Å²) in [7, 11) is 3.17. The van der Waals surface area contributed by atoms with Crippen molar-refractivity contribution >= 4 is 10.9 Å². The predicted molar refractivity (Wildman–Crippen MR) is 118 cm³/mol. The maximum absolute atomic E-state index is 13.5. The minimum absolute atomic E-state index is 0.0232. The van der Waals surface area contributed by atoms with Crippen molar-refractivity contribution < 1.29 is 14.2 Å². The molecular weight excluding hydrogens is 382 g/mol. The van der Waals surface area contributed by atoms with Crippen LogP contribution in [0.1, 0.15) is 39.9 Å². The number of nitrogens with zero attached hydrogens (tertiary/aromatic N) is 3. The Balaban J connectivity index is 2.07. The fourth-order valence-electron chi connectivity index (χ4n) is 4.28. The van der Waals surface area contributed by atoms with E-state index in [9.17, 15) is 4.79 Å². The first-order valence-electron chi connectivity index (χ1n) is 10.7. The van der Waals surface area contributed by atoms with Gasteiger partial charge in [-0.25, -0.2) is 4.98 Å². The zero-order valence-electron chi connectivity index (χ0n) is 19.2. The normalized spacial score (nSPS) is 16.6. The molecule has 2 heterocycles. The van der Waals surface area contributed by atoms with Gasteiger partial charge in [-0.15, -0.1) is 0 Å². The Morgan fingerprint density at radius 3 is 2.37 bits per heavy atom. The molecule has 1 aliphatic heterocycles. The van der Waals surface area contributed by atoms with E-state index in [1.807, 2.05) is 4.57 Å². The molecule has 7 heteroatoms. The molecule has 7 nitrogen and oxygen atoms in total. The van der Waals surface area contributed by atoms with Gasteiger partial charge in [0.05, 0.1) is 44.9 Å². The average molecular weight is 418 g/mol. The van der Waals surface area contributed by atoms with Crippen LogP contribution in [0.25, 0.3) is 10.9 Å². The van der Waals surface area contributed by atoms with Crippen LogP contribution in [0.2, 0.25) is 0 Å². The van der Waals surface area contributed by atoms with E-state index in [-0.39, 0.29) is 11.0 Å². The molecule has 0 bridgehead atoms. The molecule has 3 rings (SSSR count). The lowest BCUT2D eigenvalue weighted by atomic mass is 9.85. The van der Waals surface area contributed by atoms with Gasteiger partial charge in [-0.3, -0.25) is 14.3 Å². The van der Waals surface area contributed by atoms with Crippen LogP contribution >= 0.6 is 0 Å². The second-order valence-electron chi connectivity index (χ2n) is 9.43. The highest BCUT2D eigenvalue weighted by molar-refractivity contribution is 5.82. The van der Waals surface area contributed by atoms with Crippen molar-refractivity contribution in [2.45, 2.75) is 47.2 Å². The fourth-order valence-corrected chi connectivity index (χ4v) is 4.28. The summed E-state index contributed by atoms with van der Waals surface area (Å²) in [5, 5.41) is 0.557. The van der Waals surface area contributed by atoms with Crippen LogP contribution in [0.5, 0.6) is 11.5 Å². The van der Waals surface area contributed by atoms with Gasteiger partial charge in [-0.1, -0.05) is 27.7 Å². The summed E-state index contributed by atoms with van der Waals surface area (Å²) in [5.41, 5.74) is 0.819. The Bertz CT molecular complexity index is 927. The van der Waals surface area contributed by atoms with Gasteiger partial charge in [0, 0.05) is 25.7 Å². The lowest BCUT2D eigenvalue weighted by molar-refractivity contribution is 0.0323. The van der Waals surface area contributed by atoms with Crippen LogP contribution < -0.4 is 15.0 Å². The summed E-state index contributed by atoms with van der Waals surface area (Å²) < 4.78 is 18.2. The second kappa shape index (κ2) is 9.35. The van der Waals surface area contributed by atoms with Crippen molar-refractivity contribution in [1.82, 2.24) is 14.5 Å². The van der Waals surface area contributed by atoms with Crippen molar-refractivity contribution in [2.24, 2.45) is 11.3 Å². The summed E-state index contributed by atoms with van der Waals surface area (Å²) in [6, 6.07) is 3.54. The smallest absolute Gasteiger partial charge is 0.261 e. The zero-order chi connectivity index (χ0) is 21.9. The molecule has 1 atom stereocenters. The van der Waals surface area contributed by atoms with E-state index in [0.717, 1.165) is 25.3 Å². The number of fused-ring (bicyclic) bond motifs is 1. The van der Waals surface area contributed by atoms with Crippen LogP contribution in [0, 0.1) is 11.3 Å². The molecule has 0 amide bonds. The minimum Gasteiger partial charge on any atom is -0.493 e. The minimum atomic E-state index is -0.0232. The Hall–Kier alpha value is -2.12. The van der Waals surface area contributed by atoms with Gasteiger partial charge in [0.2, 0.25) is 0 Å². The summed E-state index contributed by atoms with van der Waals surface area (Å²) in [5.74, 6) is 2.26. The SMILES string of the molecule is COc1cc2nc(CN3CCOCC3)n(CC(C)CC(C)(C)C)c(=O)c2cc1OC. The third-order valence-corrected chi connectivity index (χ3v) is 5.46. The van der Waals surface area contributed by atoms with E-state index >= 15 is 0 Å². The molecule has 1 unspecified atom stereocenters. The standard InChI is InChI=1S/C23H35N3O4/c1-16(13-23(2,3)4)14-26-21(15-25-7-9-30-10-8-25)24-18-12-20(29-6)19(28-5)11-17(18)22(26)27/h11-12,16H,7-10,13-15H2,1-6H3. The Morgan fingerprint density at radius 1 is 1.13 bits per heavy atom. The van der Waals surface area contributed by atoms with Crippen LogP contribution in [0.4, 0.5) is 0 Å². The number of hydrogen-bond donors (Lipinski definition) is 0. The fraction of sp³-hybridized carbons (Fsp3) is 0.652. The molecule has 1 aromatic heterocycles. The summed E-state index contributed by atoms with van der Waals surface area (Å²) in [6.45, 7) is 13.3. The zero-order valence-corrected chi connectivity index (χ0v) is 19.2. The molecule has 0 saturated carbocycles. The van der Waals surface area contributed by atoms with Crippen molar-refractivity contribution in [3.8, 4) is 11.5 Å². The Labute approximate surface area is 178 Å². The van der Waals surface area contributed by atoms with Gasteiger partial charge < -0.3 is 14.2 Å². The summed E-state index contributed by atoms with van der Waals surface area (Å²) >= 11 is 0. The molecule has 1 aromatic carbocycles. The third-order valence-electron chi connectivity index (χ3n) is 5.46. The van der Waals surface area contributed by atoms with Gasteiger partial charge in [-0.05, 0) is 23.8 Å². The van der Waals surface area contributed by atoms with Gasteiger partial charge in [0.25, 0.3) is 5.56 Å². The Morgan fingerprint density at radius 2 is 1.77 bits per heavy atom. The van der Waals surface area contributed by atoms with Gasteiger partial charge in [0.1, 0.15) is 5.82 Å². The van der Waals surface area contributed by atoms with Crippen LogP contribution in [0.3, 0.4) is 0 Å². The van der Waals surface area contributed by atoms with Crippen molar-refractivity contribution in [3.63, 3.8) is 0 Å². The maximum atomic E-state index is 13.5. The third kappa shape index (κ3) is 5.32. The number of aromatic nitrogens is 2. The van der Waals surface area contributed by atoms with E-state index in [0.29, 0.717) is 54.6 Å². The molecule has 0 aliphatic carbocycles. The lowest BCUT2D eigenvalue weighted by Crippen LogP contribution is -2.38. The van der Waals surface area contributed by atoms with Crippen LogP contribution in [-0.4, -0.2) is 55.0 Å². The quantitative estimate of drug-likeness (QED) is 0.689. The van der Waals surface area contributed by atoms with Crippen molar-refractivity contribution in [1.29, 1.82) is 0 Å². The predicted octanol–water partition coefficient (Wildman–Crippen LogP) is 3.32. The molecule has 2 aromatic rings. The number of hydrogen-bond acceptors (Lipinski definition) is 6. The van der Waals surface area contributed by atoms with Crippen LogP contribution in [0.15, 0.2) is 16.9 Å². The second-order valence-corrected chi connectivity index (χ2v) is 9.43. The van der Waals surface area contributed by atoms with E-state index in [2.05, 4.69) is 32.6 Å². The molecule has 0 N–H and O–H groups in total. The van der Waals surface area contributed by atoms with E-state index in [1.165, 1.54) is 0 Å².